The number of aryl methyl sites for hydroxylation is 1. The standard InChI is InChI=1S/C15H18FN3/c1-3-18-15(14-6-7-17-10-19-14)9-12-4-5-13(16)8-11(12)2/h4-8,10,15,18H,3,9H2,1-2H3. The van der Waals surface area contributed by atoms with Crippen molar-refractivity contribution in [3.63, 3.8) is 0 Å². The van der Waals surface area contributed by atoms with Crippen molar-refractivity contribution >= 4 is 0 Å². The largest absolute Gasteiger partial charge is 0.309 e. The van der Waals surface area contributed by atoms with Gasteiger partial charge in [-0.05, 0) is 49.2 Å². The van der Waals surface area contributed by atoms with Crippen LogP contribution in [0.2, 0.25) is 0 Å². The van der Waals surface area contributed by atoms with Gasteiger partial charge >= 0.3 is 0 Å². The van der Waals surface area contributed by atoms with Gasteiger partial charge in [-0.15, -0.1) is 0 Å². The Bertz CT molecular complexity index is 528. The third kappa shape index (κ3) is 3.58. The van der Waals surface area contributed by atoms with Crippen LogP contribution in [0.5, 0.6) is 0 Å². The summed E-state index contributed by atoms with van der Waals surface area (Å²) in [6, 6.07) is 6.95. The van der Waals surface area contributed by atoms with Crippen molar-refractivity contribution in [1.29, 1.82) is 0 Å². The lowest BCUT2D eigenvalue weighted by Crippen LogP contribution is -2.24. The zero-order valence-corrected chi connectivity index (χ0v) is 11.2. The molecular weight excluding hydrogens is 241 g/mol. The van der Waals surface area contributed by atoms with Crippen molar-refractivity contribution in [2.45, 2.75) is 26.3 Å². The molecule has 1 aromatic heterocycles. The lowest BCUT2D eigenvalue weighted by molar-refractivity contribution is 0.533. The van der Waals surface area contributed by atoms with E-state index in [-0.39, 0.29) is 11.9 Å². The van der Waals surface area contributed by atoms with E-state index in [1.807, 2.05) is 19.1 Å². The van der Waals surface area contributed by atoms with Crippen molar-refractivity contribution in [1.82, 2.24) is 15.3 Å². The molecule has 0 aliphatic rings. The highest BCUT2D eigenvalue weighted by Gasteiger charge is 2.13. The number of nitrogens with one attached hydrogen (secondary N) is 1. The third-order valence-corrected chi connectivity index (χ3v) is 3.14. The van der Waals surface area contributed by atoms with E-state index >= 15 is 0 Å². The molecule has 0 saturated carbocycles. The Balaban J connectivity index is 2.21. The molecule has 0 amide bonds. The molecule has 100 valence electrons. The van der Waals surface area contributed by atoms with Gasteiger partial charge in [-0.25, -0.2) is 14.4 Å². The molecule has 0 saturated heterocycles. The monoisotopic (exact) mass is 259 g/mol. The quantitative estimate of drug-likeness (QED) is 0.897. The lowest BCUT2D eigenvalue weighted by Gasteiger charge is -2.18. The Morgan fingerprint density at radius 3 is 2.79 bits per heavy atom. The first-order chi connectivity index (χ1) is 9.20. The van der Waals surface area contributed by atoms with E-state index in [4.69, 9.17) is 0 Å². The molecule has 1 heterocycles. The number of likely N-dealkylation sites (N-methyl/N-ethyl adjacent to an activating group) is 1. The number of rotatable bonds is 5. The molecule has 0 bridgehead atoms. The van der Waals surface area contributed by atoms with E-state index in [9.17, 15) is 4.39 Å². The SMILES string of the molecule is CCNC(Cc1ccc(F)cc1C)c1ccncn1. The van der Waals surface area contributed by atoms with Gasteiger partial charge in [-0.3, -0.25) is 0 Å². The van der Waals surface area contributed by atoms with Gasteiger partial charge in [0, 0.05) is 6.20 Å². The summed E-state index contributed by atoms with van der Waals surface area (Å²) in [5.41, 5.74) is 3.06. The first kappa shape index (κ1) is 13.6. The summed E-state index contributed by atoms with van der Waals surface area (Å²) in [5, 5.41) is 3.41. The summed E-state index contributed by atoms with van der Waals surface area (Å²) < 4.78 is 13.1. The van der Waals surface area contributed by atoms with E-state index < -0.39 is 0 Å². The maximum atomic E-state index is 13.1. The molecule has 0 fully saturated rings. The average molecular weight is 259 g/mol. The predicted octanol–water partition coefficient (Wildman–Crippen LogP) is 2.82. The molecule has 2 aromatic rings. The second-order valence-corrected chi connectivity index (χ2v) is 4.52. The van der Waals surface area contributed by atoms with E-state index in [2.05, 4.69) is 22.2 Å². The number of aromatic nitrogens is 2. The van der Waals surface area contributed by atoms with Crippen LogP contribution < -0.4 is 5.32 Å². The minimum absolute atomic E-state index is 0.122. The summed E-state index contributed by atoms with van der Waals surface area (Å²) in [7, 11) is 0. The molecule has 0 spiro atoms. The molecule has 4 heteroatoms. The second kappa shape index (κ2) is 6.38. The normalized spacial score (nSPS) is 12.4. The van der Waals surface area contributed by atoms with Crippen LogP contribution in [0.15, 0.2) is 36.8 Å². The van der Waals surface area contributed by atoms with Gasteiger partial charge in [-0.1, -0.05) is 13.0 Å². The molecule has 0 aliphatic carbocycles. The van der Waals surface area contributed by atoms with E-state index in [0.29, 0.717) is 0 Å². The summed E-state index contributed by atoms with van der Waals surface area (Å²) >= 11 is 0. The van der Waals surface area contributed by atoms with Crippen LogP contribution in [0, 0.1) is 12.7 Å². The fourth-order valence-corrected chi connectivity index (χ4v) is 2.14. The topological polar surface area (TPSA) is 37.8 Å². The first-order valence-electron chi connectivity index (χ1n) is 6.45. The molecule has 1 unspecified atom stereocenters. The van der Waals surface area contributed by atoms with Crippen molar-refractivity contribution in [2.75, 3.05) is 6.54 Å². The van der Waals surface area contributed by atoms with Crippen LogP contribution in [0.3, 0.4) is 0 Å². The van der Waals surface area contributed by atoms with Gasteiger partial charge in [0.25, 0.3) is 0 Å². The number of halogens is 1. The Morgan fingerprint density at radius 1 is 1.32 bits per heavy atom. The van der Waals surface area contributed by atoms with Crippen LogP contribution in [0.1, 0.15) is 29.8 Å². The average Bonchev–Trinajstić information content (AvgIpc) is 2.42. The van der Waals surface area contributed by atoms with E-state index in [0.717, 1.165) is 29.8 Å². The summed E-state index contributed by atoms with van der Waals surface area (Å²) in [5.74, 6) is -0.191. The lowest BCUT2D eigenvalue weighted by atomic mass is 9.99. The van der Waals surface area contributed by atoms with Crippen molar-refractivity contribution in [3.8, 4) is 0 Å². The van der Waals surface area contributed by atoms with Gasteiger partial charge in [-0.2, -0.15) is 0 Å². The van der Waals surface area contributed by atoms with E-state index in [1.54, 1.807) is 18.6 Å². The summed E-state index contributed by atoms with van der Waals surface area (Å²) in [6.45, 7) is 4.85. The molecule has 0 radical (unpaired) electrons. The fraction of sp³-hybridized carbons (Fsp3) is 0.333. The fourth-order valence-electron chi connectivity index (χ4n) is 2.14. The van der Waals surface area contributed by atoms with Gasteiger partial charge in [0.05, 0.1) is 11.7 Å². The molecule has 1 aromatic carbocycles. The van der Waals surface area contributed by atoms with E-state index in [1.165, 1.54) is 6.07 Å². The van der Waals surface area contributed by atoms with Crippen molar-refractivity contribution in [3.05, 3.63) is 59.4 Å². The highest BCUT2D eigenvalue weighted by molar-refractivity contribution is 5.28. The highest BCUT2D eigenvalue weighted by atomic mass is 19.1. The van der Waals surface area contributed by atoms with Gasteiger partial charge in [0.15, 0.2) is 0 Å². The predicted molar refractivity (Wildman–Crippen MR) is 73.3 cm³/mol. The molecule has 2 rings (SSSR count). The van der Waals surface area contributed by atoms with Crippen LogP contribution in [0.4, 0.5) is 4.39 Å². The van der Waals surface area contributed by atoms with Crippen molar-refractivity contribution < 1.29 is 4.39 Å². The molecule has 1 N–H and O–H groups in total. The summed E-state index contributed by atoms with van der Waals surface area (Å²) in [4.78, 5) is 8.23. The smallest absolute Gasteiger partial charge is 0.123 e. The van der Waals surface area contributed by atoms with Gasteiger partial charge in [0.1, 0.15) is 12.1 Å². The summed E-state index contributed by atoms with van der Waals surface area (Å²) in [6.07, 6.45) is 4.08. The molecule has 1 atom stereocenters. The first-order valence-corrected chi connectivity index (χ1v) is 6.45. The Hall–Kier alpha value is -1.81. The Morgan fingerprint density at radius 2 is 2.16 bits per heavy atom. The molecule has 19 heavy (non-hydrogen) atoms. The van der Waals surface area contributed by atoms with Crippen molar-refractivity contribution in [2.24, 2.45) is 0 Å². The Labute approximate surface area is 112 Å². The van der Waals surface area contributed by atoms with Crippen LogP contribution in [-0.4, -0.2) is 16.5 Å². The maximum absolute atomic E-state index is 13.1. The van der Waals surface area contributed by atoms with Crippen LogP contribution >= 0.6 is 0 Å². The number of benzene rings is 1. The van der Waals surface area contributed by atoms with Crippen LogP contribution in [-0.2, 0) is 6.42 Å². The number of hydrogen-bond donors (Lipinski definition) is 1. The second-order valence-electron chi connectivity index (χ2n) is 4.52. The minimum Gasteiger partial charge on any atom is -0.309 e. The number of hydrogen-bond acceptors (Lipinski definition) is 3. The van der Waals surface area contributed by atoms with Crippen LogP contribution in [0.25, 0.3) is 0 Å². The molecule has 0 aliphatic heterocycles. The number of nitrogens with zero attached hydrogens (tertiary/aromatic N) is 2. The third-order valence-electron chi connectivity index (χ3n) is 3.14. The zero-order chi connectivity index (χ0) is 13.7. The molecular formula is C15H18FN3. The minimum atomic E-state index is -0.191. The maximum Gasteiger partial charge on any atom is 0.123 e. The van der Waals surface area contributed by atoms with Gasteiger partial charge in [0.2, 0.25) is 0 Å². The highest BCUT2D eigenvalue weighted by Crippen LogP contribution is 2.19. The zero-order valence-electron chi connectivity index (χ0n) is 11.2. The van der Waals surface area contributed by atoms with Gasteiger partial charge < -0.3 is 5.32 Å². The Kier molecular flexibility index (Phi) is 4.58. The molecule has 3 nitrogen and oxygen atoms in total.